The van der Waals surface area contributed by atoms with Crippen molar-refractivity contribution < 1.29 is 41.9 Å². The molecule has 242 valence electrons. The van der Waals surface area contributed by atoms with Crippen LogP contribution in [-0.4, -0.2) is 63.3 Å². The SMILES string of the molecule is C[C@@]12OC(=O)O[C@@H]1[C@@H](CO[P@@]1(=O)OCC[C@@H](c3cccc(Cl)c3)O1)O[C@H]2n1cnc2c(OCCC3CCCCC3)nc(N)nc21. The van der Waals surface area contributed by atoms with Gasteiger partial charge in [0.15, 0.2) is 29.1 Å². The van der Waals surface area contributed by atoms with Crippen LogP contribution in [0, 0.1) is 5.92 Å². The molecule has 4 fully saturated rings. The van der Waals surface area contributed by atoms with Crippen molar-refractivity contribution in [1.82, 2.24) is 19.5 Å². The number of carbonyl (C=O) groups excluding carboxylic acids is 1. The molecule has 0 amide bonds. The third kappa shape index (κ3) is 6.11. The van der Waals surface area contributed by atoms with Crippen LogP contribution in [0.4, 0.5) is 10.7 Å². The van der Waals surface area contributed by atoms with Crippen LogP contribution < -0.4 is 10.5 Å². The van der Waals surface area contributed by atoms with Crippen molar-refractivity contribution in [2.45, 2.75) is 82.0 Å². The molecule has 14 nitrogen and oxygen atoms in total. The number of hydrogen-bond acceptors (Lipinski definition) is 13. The third-order valence-corrected chi connectivity index (χ3v) is 10.6. The summed E-state index contributed by atoms with van der Waals surface area (Å²) < 4.78 is 55.6. The van der Waals surface area contributed by atoms with E-state index >= 15 is 0 Å². The van der Waals surface area contributed by atoms with E-state index in [0.29, 0.717) is 35.1 Å². The first-order valence-corrected chi connectivity index (χ1v) is 17.1. The molecule has 1 aromatic carbocycles. The Morgan fingerprint density at radius 3 is 2.87 bits per heavy atom. The minimum atomic E-state index is -4.01. The van der Waals surface area contributed by atoms with E-state index in [0.717, 1.165) is 12.0 Å². The molecule has 0 spiro atoms. The monoisotopic (exact) mass is 663 g/mol. The molecular formula is C29H35ClN5O9P. The summed E-state index contributed by atoms with van der Waals surface area (Å²) >= 11 is 6.13. The molecule has 3 saturated heterocycles. The molecule has 16 heteroatoms. The van der Waals surface area contributed by atoms with E-state index in [2.05, 4.69) is 15.0 Å². The van der Waals surface area contributed by atoms with Gasteiger partial charge in [-0.1, -0.05) is 55.8 Å². The molecule has 1 aliphatic carbocycles. The number of nitrogens with zero attached hydrogens (tertiary/aromatic N) is 4. The molecule has 4 aliphatic rings. The van der Waals surface area contributed by atoms with Crippen molar-refractivity contribution in [3.8, 4) is 5.88 Å². The minimum absolute atomic E-state index is 0.00452. The van der Waals surface area contributed by atoms with Crippen LogP contribution >= 0.6 is 19.4 Å². The number of benzene rings is 1. The molecule has 0 bridgehead atoms. The number of fused-ring (bicyclic) bond motifs is 2. The number of phosphoric acid groups is 1. The van der Waals surface area contributed by atoms with Crippen LogP contribution in [0.25, 0.3) is 11.2 Å². The van der Waals surface area contributed by atoms with E-state index in [1.54, 1.807) is 29.7 Å². The molecular weight excluding hydrogens is 629 g/mol. The van der Waals surface area contributed by atoms with Gasteiger partial charge in [0.1, 0.15) is 6.10 Å². The lowest BCUT2D eigenvalue weighted by molar-refractivity contribution is -0.0925. The number of carbonyl (C=O) groups is 1. The van der Waals surface area contributed by atoms with Gasteiger partial charge in [-0.05, 0) is 37.0 Å². The minimum Gasteiger partial charge on any atom is -0.476 e. The average Bonchev–Trinajstić information content (AvgIpc) is 3.65. The molecule has 2 aromatic heterocycles. The quantitative estimate of drug-likeness (QED) is 0.212. The highest BCUT2D eigenvalue weighted by molar-refractivity contribution is 7.48. The molecule has 45 heavy (non-hydrogen) atoms. The zero-order valence-corrected chi connectivity index (χ0v) is 26.4. The summed E-state index contributed by atoms with van der Waals surface area (Å²) in [5.41, 5.74) is 6.25. The van der Waals surface area contributed by atoms with Gasteiger partial charge in [-0.25, -0.2) is 14.3 Å². The highest BCUT2D eigenvalue weighted by Crippen LogP contribution is 2.58. The predicted octanol–water partition coefficient (Wildman–Crippen LogP) is 5.91. The molecule has 0 unspecified atom stereocenters. The second kappa shape index (κ2) is 12.3. The molecule has 1 saturated carbocycles. The lowest BCUT2D eigenvalue weighted by atomic mass is 9.87. The van der Waals surface area contributed by atoms with E-state index in [1.807, 2.05) is 6.07 Å². The number of ether oxygens (including phenoxy) is 4. The maximum absolute atomic E-state index is 13.5. The third-order valence-electron chi connectivity index (χ3n) is 8.88. The van der Waals surface area contributed by atoms with Crippen LogP contribution in [0.2, 0.25) is 5.02 Å². The molecule has 7 rings (SSSR count). The van der Waals surface area contributed by atoms with Crippen LogP contribution in [0.1, 0.15) is 69.8 Å². The first-order chi connectivity index (χ1) is 21.7. The molecule has 3 aromatic rings. The number of rotatable bonds is 9. The fraction of sp³-hybridized carbons (Fsp3) is 0.586. The predicted molar refractivity (Wildman–Crippen MR) is 159 cm³/mol. The molecule has 5 heterocycles. The van der Waals surface area contributed by atoms with Gasteiger partial charge in [0.05, 0.1) is 32.3 Å². The Kier molecular flexibility index (Phi) is 8.38. The Morgan fingerprint density at radius 2 is 2.04 bits per heavy atom. The Balaban J connectivity index is 1.08. The number of nitrogens with two attached hydrogens (primary N) is 1. The lowest BCUT2D eigenvalue weighted by Gasteiger charge is -2.30. The van der Waals surface area contributed by atoms with Gasteiger partial charge < -0.3 is 24.7 Å². The standard InChI is InChI=1S/C29H35ClN5O9P/c1-29-23(42-28(36)43-29)21(15-40-45(37)39-13-11-20(44-45)18-8-5-9-19(30)14-18)41-26(29)35-16-32-22-24(35)33-27(31)34-25(22)38-12-10-17-6-3-2-4-7-17/h5,8-9,14,16-17,20-21,23,26H,2-4,6-7,10-13,15H2,1H3,(H2,31,33,34)/t20-,21+,23+,26+,29+,45+/m0/s1. The number of anilines is 1. The van der Waals surface area contributed by atoms with E-state index in [4.69, 9.17) is 49.9 Å². The van der Waals surface area contributed by atoms with Crippen LogP contribution in [0.15, 0.2) is 30.6 Å². The van der Waals surface area contributed by atoms with Crippen molar-refractivity contribution in [2.75, 3.05) is 25.6 Å². The van der Waals surface area contributed by atoms with Gasteiger partial charge in [-0.3, -0.25) is 18.1 Å². The van der Waals surface area contributed by atoms with E-state index in [9.17, 15) is 9.36 Å². The Labute approximate surface area is 264 Å². The van der Waals surface area contributed by atoms with Gasteiger partial charge >= 0.3 is 14.0 Å². The van der Waals surface area contributed by atoms with E-state index in [1.165, 1.54) is 38.4 Å². The molecule has 6 atom stereocenters. The van der Waals surface area contributed by atoms with Crippen LogP contribution in [0.5, 0.6) is 5.88 Å². The number of halogens is 1. The second-order valence-corrected chi connectivity index (χ2v) is 14.0. The molecule has 0 radical (unpaired) electrons. The van der Waals surface area contributed by atoms with Crippen LogP contribution in [0.3, 0.4) is 0 Å². The first kappa shape index (κ1) is 30.6. The summed E-state index contributed by atoms with van der Waals surface area (Å²) in [7, 11) is -4.01. The van der Waals surface area contributed by atoms with Crippen molar-refractivity contribution in [3.63, 3.8) is 0 Å². The van der Waals surface area contributed by atoms with Gasteiger partial charge in [0, 0.05) is 11.4 Å². The maximum Gasteiger partial charge on any atom is 0.509 e. The summed E-state index contributed by atoms with van der Waals surface area (Å²) in [5.74, 6) is 0.897. The van der Waals surface area contributed by atoms with Crippen molar-refractivity contribution in [1.29, 1.82) is 0 Å². The number of phosphoric ester groups is 1. The zero-order chi connectivity index (χ0) is 31.2. The highest BCUT2D eigenvalue weighted by Gasteiger charge is 2.64. The fourth-order valence-electron chi connectivity index (χ4n) is 6.61. The molecule has 3 aliphatic heterocycles. The summed E-state index contributed by atoms with van der Waals surface area (Å²) in [6.07, 6.45) is 4.91. The van der Waals surface area contributed by atoms with Gasteiger partial charge in [-0.15, -0.1) is 0 Å². The lowest BCUT2D eigenvalue weighted by Crippen LogP contribution is -2.42. The first-order valence-electron chi connectivity index (χ1n) is 15.2. The van der Waals surface area contributed by atoms with Crippen LogP contribution in [-0.2, 0) is 32.3 Å². The number of hydrogen-bond donors (Lipinski definition) is 1. The van der Waals surface area contributed by atoms with Gasteiger partial charge in [0.2, 0.25) is 11.8 Å². The average molecular weight is 664 g/mol. The largest absolute Gasteiger partial charge is 0.509 e. The van der Waals surface area contributed by atoms with E-state index in [-0.39, 0.29) is 25.0 Å². The van der Waals surface area contributed by atoms with Gasteiger partial charge in [0.25, 0.3) is 0 Å². The summed E-state index contributed by atoms with van der Waals surface area (Å²) in [6, 6.07) is 7.10. The normalized spacial score (nSPS) is 31.9. The van der Waals surface area contributed by atoms with Crippen molar-refractivity contribution in [2.24, 2.45) is 5.92 Å². The number of nitrogen functional groups attached to an aromatic ring is 1. The summed E-state index contributed by atoms with van der Waals surface area (Å²) in [5, 5.41) is 0.531. The second-order valence-electron chi connectivity index (χ2n) is 12.0. The smallest absolute Gasteiger partial charge is 0.476 e. The van der Waals surface area contributed by atoms with E-state index < -0.39 is 44.1 Å². The summed E-state index contributed by atoms with van der Waals surface area (Å²) in [6.45, 7) is 2.02. The van der Waals surface area contributed by atoms with Crippen molar-refractivity contribution in [3.05, 3.63) is 41.2 Å². The molecule has 2 N–H and O–H groups in total. The Morgan fingerprint density at radius 1 is 1.20 bits per heavy atom. The Bertz CT molecular complexity index is 1620. The van der Waals surface area contributed by atoms with Gasteiger partial charge in [-0.2, -0.15) is 9.97 Å². The highest BCUT2D eigenvalue weighted by atomic mass is 35.5. The maximum atomic E-state index is 13.5. The number of aromatic nitrogens is 4. The number of imidazole rings is 1. The zero-order valence-electron chi connectivity index (χ0n) is 24.7. The van der Waals surface area contributed by atoms with Crippen molar-refractivity contribution >= 4 is 42.7 Å². The topological polar surface area (TPSA) is 168 Å². The summed E-state index contributed by atoms with van der Waals surface area (Å²) in [4.78, 5) is 25.6. The Hall–Kier alpha value is -3.00. The fourth-order valence-corrected chi connectivity index (χ4v) is 8.21.